The molecule has 5 heteroatoms. The number of nitrogen functional groups attached to an aromatic ring is 1. The van der Waals surface area contributed by atoms with E-state index in [4.69, 9.17) is 17.3 Å². The second kappa shape index (κ2) is 4.37. The van der Waals surface area contributed by atoms with Gasteiger partial charge in [0.15, 0.2) is 0 Å². The molecule has 102 valence electrons. The number of nitrogens with two attached hydrogens (primary N) is 1. The van der Waals surface area contributed by atoms with Crippen LogP contribution in [-0.4, -0.2) is 9.55 Å². The molecular weight excluding hydrogens is 265 g/mol. The summed E-state index contributed by atoms with van der Waals surface area (Å²) in [6, 6.07) is 3.31. The zero-order valence-corrected chi connectivity index (χ0v) is 11.8. The molecule has 1 heterocycles. The summed E-state index contributed by atoms with van der Waals surface area (Å²) >= 11 is 5.88. The largest absolute Gasteiger partial charge is 0.369 e. The molecule has 1 saturated carbocycles. The third kappa shape index (κ3) is 1.89. The molecule has 0 bridgehead atoms. The summed E-state index contributed by atoms with van der Waals surface area (Å²) in [7, 11) is 0. The maximum absolute atomic E-state index is 13.5. The van der Waals surface area contributed by atoms with Crippen molar-refractivity contribution in [2.75, 3.05) is 5.73 Å². The Bertz CT molecular complexity index is 637. The number of aromatic nitrogens is 2. The third-order valence-corrected chi connectivity index (χ3v) is 4.80. The van der Waals surface area contributed by atoms with Crippen molar-refractivity contribution >= 4 is 28.6 Å². The number of halogens is 2. The summed E-state index contributed by atoms with van der Waals surface area (Å²) in [6.45, 7) is 4.49. The van der Waals surface area contributed by atoms with Gasteiger partial charge in [-0.25, -0.2) is 9.37 Å². The van der Waals surface area contributed by atoms with Crippen LogP contribution in [0.5, 0.6) is 0 Å². The van der Waals surface area contributed by atoms with Crippen LogP contribution in [0.4, 0.5) is 10.3 Å². The molecule has 3 atom stereocenters. The Labute approximate surface area is 116 Å². The van der Waals surface area contributed by atoms with Crippen LogP contribution >= 0.6 is 11.6 Å². The summed E-state index contributed by atoms with van der Waals surface area (Å²) in [4.78, 5) is 4.26. The number of hydrogen-bond acceptors (Lipinski definition) is 2. The maximum atomic E-state index is 13.5. The van der Waals surface area contributed by atoms with Crippen LogP contribution in [0.15, 0.2) is 12.1 Å². The van der Waals surface area contributed by atoms with Crippen LogP contribution in [0.3, 0.4) is 0 Å². The van der Waals surface area contributed by atoms with Crippen molar-refractivity contribution in [2.45, 2.75) is 32.7 Å². The second-order valence-corrected chi connectivity index (χ2v) is 5.98. The van der Waals surface area contributed by atoms with E-state index in [0.717, 1.165) is 11.9 Å². The fourth-order valence-electron chi connectivity index (χ4n) is 3.16. The number of rotatable bonds is 1. The topological polar surface area (TPSA) is 43.8 Å². The van der Waals surface area contributed by atoms with E-state index in [1.165, 1.54) is 12.5 Å². The highest BCUT2D eigenvalue weighted by Crippen LogP contribution is 2.42. The quantitative estimate of drug-likeness (QED) is 0.858. The minimum Gasteiger partial charge on any atom is -0.369 e. The van der Waals surface area contributed by atoms with Crippen LogP contribution in [0.25, 0.3) is 11.0 Å². The molecule has 3 unspecified atom stereocenters. The summed E-state index contributed by atoms with van der Waals surface area (Å²) < 4.78 is 15.5. The number of imidazole rings is 1. The first-order chi connectivity index (χ1) is 8.99. The summed E-state index contributed by atoms with van der Waals surface area (Å²) in [6.07, 6.45) is 2.26. The van der Waals surface area contributed by atoms with Gasteiger partial charge in [-0.2, -0.15) is 0 Å². The first-order valence-electron chi connectivity index (χ1n) is 6.61. The molecule has 19 heavy (non-hydrogen) atoms. The Balaban J connectivity index is 2.18. The molecule has 2 N–H and O–H groups in total. The highest BCUT2D eigenvalue weighted by molar-refractivity contribution is 6.31. The average molecular weight is 282 g/mol. The lowest BCUT2D eigenvalue weighted by molar-refractivity contribution is 0.361. The number of fused-ring (bicyclic) bond motifs is 1. The lowest BCUT2D eigenvalue weighted by Gasteiger charge is -2.21. The van der Waals surface area contributed by atoms with E-state index in [9.17, 15) is 4.39 Å². The summed E-state index contributed by atoms with van der Waals surface area (Å²) in [5.41, 5.74) is 7.43. The molecule has 1 fully saturated rings. The first-order valence-corrected chi connectivity index (χ1v) is 6.99. The first kappa shape index (κ1) is 12.7. The molecule has 0 saturated heterocycles. The zero-order valence-electron chi connectivity index (χ0n) is 11.0. The SMILES string of the molecule is CC1CCC(n2c(N)nc3cc(F)c(Cl)cc32)C1C. The lowest BCUT2D eigenvalue weighted by atomic mass is 9.97. The van der Waals surface area contributed by atoms with E-state index in [1.807, 2.05) is 4.57 Å². The van der Waals surface area contributed by atoms with Crippen LogP contribution in [0, 0.1) is 17.7 Å². The predicted octanol–water partition coefficient (Wildman–Crippen LogP) is 4.02. The van der Waals surface area contributed by atoms with Crippen LogP contribution in [0.1, 0.15) is 32.7 Å². The van der Waals surface area contributed by atoms with Gasteiger partial charge in [0.2, 0.25) is 5.95 Å². The van der Waals surface area contributed by atoms with Gasteiger partial charge in [0, 0.05) is 12.1 Å². The van der Waals surface area contributed by atoms with Gasteiger partial charge in [-0.15, -0.1) is 0 Å². The standard InChI is InChI=1S/C14H17ClFN3/c1-7-3-4-12(8(7)2)19-13-5-9(15)10(16)6-11(13)18-14(19)17/h5-8,12H,3-4H2,1-2H3,(H2,17,18). The van der Waals surface area contributed by atoms with Crippen molar-refractivity contribution < 1.29 is 4.39 Å². The van der Waals surface area contributed by atoms with Crippen LogP contribution < -0.4 is 5.73 Å². The molecule has 1 aromatic heterocycles. The molecule has 0 aliphatic heterocycles. The van der Waals surface area contributed by atoms with Crippen molar-refractivity contribution in [3.63, 3.8) is 0 Å². The molecule has 1 aromatic carbocycles. The fraction of sp³-hybridized carbons (Fsp3) is 0.500. The molecule has 1 aliphatic carbocycles. The highest BCUT2D eigenvalue weighted by atomic mass is 35.5. The monoisotopic (exact) mass is 281 g/mol. The second-order valence-electron chi connectivity index (χ2n) is 5.58. The van der Waals surface area contributed by atoms with Gasteiger partial charge in [-0.3, -0.25) is 0 Å². The van der Waals surface area contributed by atoms with Crippen molar-refractivity contribution in [1.29, 1.82) is 0 Å². The molecular formula is C14H17ClFN3. The molecule has 0 radical (unpaired) electrons. The Morgan fingerprint density at radius 3 is 2.74 bits per heavy atom. The number of hydrogen-bond donors (Lipinski definition) is 1. The minimum atomic E-state index is -0.452. The van der Waals surface area contributed by atoms with Gasteiger partial charge < -0.3 is 10.3 Å². The predicted molar refractivity (Wildman–Crippen MR) is 75.7 cm³/mol. The molecule has 1 aliphatic rings. The van der Waals surface area contributed by atoms with Crippen molar-refractivity contribution in [2.24, 2.45) is 11.8 Å². The normalized spacial score (nSPS) is 27.3. The Morgan fingerprint density at radius 2 is 2.11 bits per heavy atom. The Morgan fingerprint density at radius 1 is 1.37 bits per heavy atom. The molecule has 2 aromatic rings. The Hall–Kier alpha value is -1.29. The lowest BCUT2D eigenvalue weighted by Crippen LogP contribution is -2.16. The number of anilines is 1. The van der Waals surface area contributed by atoms with Gasteiger partial charge >= 0.3 is 0 Å². The van der Waals surface area contributed by atoms with E-state index in [1.54, 1.807) is 6.07 Å². The zero-order chi connectivity index (χ0) is 13.7. The van der Waals surface area contributed by atoms with E-state index in [0.29, 0.717) is 29.3 Å². The van der Waals surface area contributed by atoms with Crippen molar-refractivity contribution in [3.05, 3.63) is 23.0 Å². The van der Waals surface area contributed by atoms with E-state index < -0.39 is 5.82 Å². The minimum absolute atomic E-state index is 0.118. The van der Waals surface area contributed by atoms with E-state index in [2.05, 4.69) is 18.8 Å². The highest BCUT2D eigenvalue weighted by Gasteiger charge is 2.33. The van der Waals surface area contributed by atoms with E-state index >= 15 is 0 Å². The summed E-state index contributed by atoms with van der Waals surface area (Å²) in [5.74, 6) is 1.19. The summed E-state index contributed by atoms with van der Waals surface area (Å²) in [5, 5.41) is 0.118. The van der Waals surface area contributed by atoms with E-state index in [-0.39, 0.29) is 5.02 Å². The van der Waals surface area contributed by atoms with Gasteiger partial charge in [0.25, 0.3) is 0 Å². The number of nitrogens with zero attached hydrogens (tertiary/aromatic N) is 2. The van der Waals surface area contributed by atoms with Gasteiger partial charge in [0.1, 0.15) is 5.82 Å². The Kier molecular flexibility index (Phi) is 2.93. The third-order valence-electron chi connectivity index (χ3n) is 4.51. The van der Waals surface area contributed by atoms with Gasteiger partial charge in [0.05, 0.1) is 16.1 Å². The molecule has 3 rings (SSSR count). The van der Waals surface area contributed by atoms with Crippen LogP contribution in [0.2, 0.25) is 5.02 Å². The van der Waals surface area contributed by atoms with Gasteiger partial charge in [-0.05, 0) is 30.7 Å². The average Bonchev–Trinajstić information content (AvgIpc) is 2.82. The molecule has 3 nitrogen and oxygen atoms in total. The van der Waals surface area contributed by atoms with Gasteiger partial charge in [-0.1, -0.05) is 25.4 Å². The fourth-order valence-corrected chi connectivity index (χ4v) is 3.32. The maximum Gasteiger partial charge on any atom is 0.201 e. The van der Waals surface area contributed by atoms with Crippen molar-refractivity contribution in [3.8, 4) is 0 Å². The molecule has 0 spiro atoms. The van der Waals surface area contributed by atoms with Crippen molar-refractivity contribution in [1.82, 2.24) is 9.55 Å². The number of benzene rings is 1. The molecule has 0 amide bonds. The van der Waals surface area contributed by atoms with Crippen LogP contribution in [-0.2, 0) is 0 Å². The smallest absolute Gasteiger partial charge is 0.201 e.